The van der Waals surface area contributed by atoms with Gasteiger partial charge in [0.05, 0.1) is 11.0 Å². The molecule has 2 N–H and O–H groups in total. The van der Waals surface area contributed by atoms with Crippen molar-refractivity contribution >= 4 is 17.4 Å². The topological polar surface area (TPSA) is 95.7 Å². The molecule has 0 saturated carbocycles. The number of hydrogen-bond donors (Lipinski definition) is 2. The van der Waals surface area contributed by atoms with Crippen molar-refractivity contribution in [1.29, 1.82) is 0 Å². The van der Waals surface area contributed by atoms with Gasteiger partial charge in [0.2, 0.25) is 0 Å². The number of aliphatic hydroxyl groups is 1. The lowest BCUT2D eigenvalue weighted by atomic mass is 10.0. The maximum absolute atomic E-state index is 12.0. The molecule has 108 valence electrons. The molecule has 1 heterocycles. The van der Waals surface area contributed by atoms with Crippen LogP contribution in [0.2, 0.25) is 0 Å². The van der Waals surface area contributed by atoms with Gasteiger partial charge in [0.15, 0.2) is 0 Å². The van der Waals surface area contributed by atoms with Crippen molar-refractivity contribution in [3.63, 3.8) is 0 Å². The van der Waals surface area contributed by atoms with Crippen molar-refractivity contribution in [2.45, 2.75) is 19.4 Å². The van der Waals surface area contributed by atoms with E-state index in [1.165, 1.54) is 24.3 Å². The average Bonchev–Trinajstić information content (AvgIpc) is 2.89. The first-order valence-electron chi connectivity index (χ1n) is 6.46. The number of carbonyl (C=O) groups excluding carboxylic acids is 1. The van der Waals surface area contributed by atoms with E-state index in [9.17, 15) is 20.0 Å². The lowest BCUT2D eigenvalue weighted by Crippen LogP contribution is -2.34. The number of benzene rings is 1. The number of carbonyl (C=O) groups is 1. The number of rotatable bonds is 3. The van der Waals surface area contributed by atoms with E-state index in [0.29, 0.717) is 18.8 Å². The van der Waals surface area contributed by atoms with Crippen LogP contribution in [-0.2, 0) is 0 Å². The second-order valence-corrected chi connectivity index (χ2v) is 4.97. The van der Waals surface area contributed by atoms with Gasteiger partial charge < -0.3 is 15.3 Å². The van der Waals surface area contributed by atoms with Crippen molar-refractivity contribution in [3.8, 4) is 0 Å². The molecule has 0 aromatic heterocycles. The van der Waals surface area contributed by atoms with E-state index in [1.54, 1.807) is 11.8 Å². The van der Waals surface area contributed by atoms with Crippen molar-refractivity contribution in [2.75, 3.05) is 18.4 Å². The molecule has 0 bridgehead atoms. The maximum atomic E-state index is 12.0. The number of urea groups is 1. The fraction of sp³-hybridized carbons (Fsp3) is 0.462. The van der Waals surface area contributed by atoms with Crippen LogP contribution in [0.5, 0.6) is 0 Å². The second-order valence-electron chi connectivity index (χ2n) is 4.97. The van der Waals surface area contributed by atoms with Gasteiger partial charge in [-0.25, -0.2) is 4.79 Å². The van der Waals surface area contributed by atoms with Crippen LogP contribution in [0.15, 0.2) is 24.3 Å². The van der Waals surface area contributed by atoms with E-state index in [1.807, 2.05) is 0 Å². The van der Waals surface area contributed by atoms with Crippen molar-refractivity contribution in [3.05, 3.63) is 34.4 Å². The minimum atomic E-state index is -0.487. The number of hydrogen-bond acceptors (Lipinski definition) is 4. The van der Waals surface area contributed by atoms with Gasteiger partial charge in [-0.1, -0.05) is 0 Å². The molecule has 1 aliphatic heterocycles. The molecule has 20 heavy (non-hydrogen) atoms. The van der Waals surface area contributed by atoms with E-state index in [0.717, 1.165) is 6.42 Å². The van der Waals surface area contributed by atoms with Gasteiger partial charge >= 0.3 is 6.03 Å². The van der Waals surface area contributed by atoms with Gasteiger partial charge in [-0.15, -0.1) is 0 Å². The molecule has 1 saturated heterocycles. The SMILES string of the molecule is CC(O)C1CCN(C(=O)Nc2ccc([N+](=O)[O-])cc2)C1. The van der Waals surface area contributed by atoms with Crippen molar-refractivity contribution < 1.29 is 14.8 Å². The Morgan fingerprint density at radius 2 is 2.15 bits per heavy atom. The Hall–Kier alpha value is -2.15. The highest BCUT2D eigenvalue weighted by Crippen LogP contribution is 2.21. The smallest absolute Gasteiger partial charge is 0.321 e. The Kier molecular flexibility index (Phi) is 4.19. The zero-order valence-electron chi connectivity index (χ0n) is 11.2. The molecule has 1 aromatic rings. The highest BCUT2D eigenvalue weighted by Gasteiger charge is 2.29. The normalized spacial score (nSPS) is 19.7. The number of aliphatic hydroxyl groups excluding tert-OH is 1. The Balaban J connectivity index is 1.93. The fourth-order valence-corrected chi connectivity index (χ4v) is 2.23. The van der Waals surface area contributed by atoms with Crippen LogP contribution >= 0.6 is 0 Å². The molecule has 0 aliphatic carbocycles. The van der Waals surface area contributed by atoms with Crippen LogP contribution in [-0.4, -0.2) is 40.2 Å². The Bertz CT molecular complexity index is 501. The highest BCUT2D eigenvalue weighted by molar-refractivity contribution is 5.89. The number of non-ortho nitro benzene ring substituents is 1. The molecule has 2 atom stereocenters. The number of likely N-dealkylation sites (tertiary alicyclic amines) is 1. The zero-order chi connectivity index (χ0) is 14.7. The molecule has 7 nitrogen and oxygen atoms in total. The summed E-state index contributed by atoms with van der Waals surface area (Å²) in [4.78, 5) is 23.7. The average molecular weight is 279 g/mol. The summed E-state index contributed by atoms with van der Waals surface area (Å²) < 4.78 is 0. The van der Waals surface area contributed by atoms with E-state index >= 15 is 0 Å². The molecular weight excluding hydrogens is 262 g/mol. The molecular formula is C13H17N3O4. The number of amides is 2. The van der Waals surface area contributed by atoms with E-state index in [2.05, 4.69) is 5.32 Å². The largest absolute Gasteiger partial charge is 0.393 e. The summed E-state index contributed by atoms with van der Waals surface area (Å²) in [5.41, 5.74) is 0.499. The van der Waals surface area contributed by atoms with Crippen molar-refractivity contribution in [1.82, 2.24) is 4.90 Å². The summed E-state index contributed by atoms with van der Waals surface area (Å²) in [5.74, 6) is 0.109. The molecule has 0 spiro atoms. The van der Waals surface area contributed by atoms with Gasteiger partial charge in [-0.3, -0.25) is 10.1 Å². The van der Waals surface area contributed by atoms with Crippen LogP contribution in [0.4, 0.5) is 16.2 Å². The molecule has 2 rings (SSSR count). The Morgan fingerprint density at radius 1 is 1.50 bits per heavy atom. The molecule has 1 aliphatic rings. The van der Waals surface area contributed by atoms with Gasteiger partial charge in [0, 0.05) is 36.8 Å². The first kappa shape index (κ1) is 14.3. The van der Waals surface area contributed by atoms with Crippen LogP contribution < -0.4 is 5.32 Å². The molecule has 1 aromatic carbocycles. The van der Waals surface area contributed by atoms with E-state index in [-0.39, 0.29) is 17.6 Å². The van der Waals surface area contributed by atoms with E-state index < -0.39 is 11.0 Å². The van der Waals surface area contributed by atoms with Crippen molar-refractivity contribution in [2.24, 2.45) is 5.92 Å². The summed E-state index contributed by atoms with van der Waals surface area (Å²) in [5, 5.41) is 22.7. The molecule has 2 unspecified atom stereocenters. The maximum Gasteiger partial charge on any atom is 0.321 e. The van der Waals surface area contributed by atoms with E-state index in [4.69, 9.17) is 0 Å². The lowest BCUT2D eigenvalue weighted by Gasteiger charge is -2.18. The third-order valence-corrected chi connectivity index (χ3v) is 3.52. The summed E-state index contributed by atoms with van der Waals surface area (Å²) >= 11 is 0. The monoisotopic (exact) mass is 279 g/mol. The first-order chi connectivity index (χ1) is 9.47. The van der Waals surface area contributed by atoms with Gasteiger partial charge in [-0.2, -0.15) is 0 Å². The summed E-state index contributed by atoms with van der Waals surface area (Å²) in [6.45, 7) is 2.85. The third-order valence-electron chi connectivity index (χ3n) is 3.52. The number of anilines is 1. The second kappa shape index (κ2) is 5.87. The standard InChI is InChI=1S/C13H17N3O4/c1-9(17)10-6-7-15(8-10)13(18)14-11-2-4-12(5-3-11)16(19)20/h2-5,9-10,17H,6-8H2,1H3,(H,14,18). The minimum absolute atomic E-state index is 0.0154. The van der Waals surface area contributed by atoms with Crippen LogP contribution in [0, 0.1) is 16.0 Å². The molecule has 0 radical (unpaired) electrons. The predicted molar refractivity (Wildman–Crippen MR) is 73.5 cm³/mol. The minimum Gasteiger partial charge on any atom is -0.393 e. The number of nitro groups is 1. The summed E-state index contributed by atoms with van der Waals surface area (Å²) in [6, 6.07) is 5.44. The first-order valence-corrected chi connectivity index (χ1v) is 6.46. The van der Waals surface area contributed by atoms with Gasteiger partial charge in [0.1, 0.15) is 0 Å². The molecule has 2 amide bonds. The number of nitro benzene ring substituents is 1. The van der Waals surface area contributed by atoms with Gasteiger partial charge in [-0.05, 0) is 25.5 Å². The Morgan fingerprint density at radius 3 is 2.65 bits per heavy atom. The number of nitrogens with one attached hydrogen (secondary N) is 1. The summed E-state index contributed by atoms with van der Waals surface area (Å²) in [7, 11) is 0. The zero-order valence-corrected chi connectivity index (χ0v) is 11.2. The summed E-state index contributed by atoms with van der Waals surface area (Å²) in [6.07, 6.45) is 0.359. The lowest BCUT2D eigenvalue weighted by molar-refractivity contribution is -0.384. The predicted octanol–water partition coefficient (Wildman–Crippen LogP) is 1.83. The highest BCUT2D eigenvalue weighted by atomic mass is 16.6. The van der Waals surface area contributed by atoms with Crippen LogP contribution in [0.25, 0.3) is 0 Å². The fourth-order valence-electron chi connectivity index (χ4n) is 2.23. The molecule has 7 heteroatoms. The van der Waals surface area contributed by atoms with Gasteiger partial charge in [0.25, 0.3) is 5.69 Å². The number of nitrogens with zero attached hydrogens (tertiary/aromatic N) is 2. The third kappa shape index (κ3) is 3.24. The Labute approximate surface area is 116 Å². The van der Waals surface area contributed by atoms with Crippen LogP contribution in [0.3, 0.4) is 0 Å². The van der Waals surface area contributed by atoms with Crippen LogP contribution in [0.1, 0.15) is 13.3 Å². The molecule has 1 fully saturated rings. The quantitative estimate of drug-likeness (QED) is 0.651.